The first-order valence-electron chi connectivity index (χ1n) is 7.14. The van der Waals surface area contributed by atoms with E-state index in [9.17, 15) is 14.4 Å². The van der Waals surface area contributed by atoms with Crippen LogP contribution in [-0.4, -0.2) is 64.6 Å². The summed E-state index contributed by atoms with van der Waals surface area (Å²) in [6.45, 7) is -0.479. The molecule has 0 bridgehead atoms. The van der Waals surface area contributed by atoms with Crippen LogP contribution < -0.4 is 10.6 Å². The number of halogens is 2. The SMILES string of the molecule is CN1C(=O)NC(=O)C2C1N=C(Nc1ccc(Cl)cc1Cl)N2CC(=O)O. The average Bonchev–Trinajstić information content (AvgIpc) is 2.86. The molecule has 0 saturated carbocycles. The molecule has 2 aliphatic rings. The third-order valence-electron chi connectivity index (χ3n) is 3.84. The number of aliphatic carboxylic acids is 1. The first kappa shape index (κ1) is 17.3. The molecule has 25 heavy (non-hydrogen) atoms. The zero-order valence-electron chi connectivity index (χ0n) is 12.9. The van der Waals surface area contributed by atoms with Crippen molar-refractivity contribution in [3.8, 4) is 0 Å². The molecular weight excluding hydrogens is 373 g/mol. The van der Waals surface area contributed by atoms with E-state index in [2.05, 4.69) is 15.6 Å². The Bertz CT molecular complexity index is 799. The number of carbonyl (C=O) groups is 3. The number of urea groups is 1. The van der Waals surface area contributed by atoms with Gasteiger partial charge in [0, 0.05) is 12.1 Å². The second-order valence-electron chi connectivity index (χ2n) is 5.49. The van der Waals surface area contributed by atoms with Crippen LogP contribution in [0.15, 0.2) is 23.2 Å². The van der Waals surface area contributed by atoms with Crippen LogP contribution in [0.3, 0.4) is 0 Å². The van der Waals surface area contributed by atoms with Gasteiger partial charge in [0.1, 0.15) is 6.54 Å². The van der Waals surface area contributed by atoms with Gasteiger partial charge in [0.25, 0.3) is 5.91 Å². The molecule has 2 aliphatic heterocycles. The van der Waals surface area contributed by atoms with E-state index >= 15 is 0 Å². The van der Waals surface area contributed by atoms with E-state index in [-0.39, 0.29) is 5.96 Å². The second-order valence-corrected chi connectivity index (χ2v) is 6.33. The molecule has 1 aromatic rings. The summed E-state index contributed by atoms with van der Waals surface area (Å²) in [6, 6.07) is 3.16. The van der Waals surface area contributed by atoms with Crippen molar-refractivity contribution in [2.24, 2.45) is 4.99 Å². The fraction of sp³-hybridized carbons (Fsp3) is 0.286. The molecule has 1 fully saturated rings. The van der Waals surface area contributed by atoms with Gasteiger partial charge in [-0.1, -0.05) is 23.2 Å². The highest BCUT2D eigenvalue weighted by Gasteiger charge is 2.49. The molecule has 132 valence electrons. The Hall–Kier alpha value is -2.52. The zero-order valence-corrected chi connectivity index (χ0v) is 14.4. The number of anilines is 1. The molecule has 0 aromatic heterocycles. The van der Waals surface area contributed by atoms with E-state index in [1.165, 1.54) is 22.9 Å². The predicted molar refractivity (Wildman–Crippen MR) is 90.7 cm³/mol. The largest absolute Gasteiger partial charge is 0.480 e. The van der Waals surface area contributed by atoms with Crippen molar-refractivity contribution in [3.05, 3.63) is 28.2 Å². The molecule has 1 saturated heterocycles. The number of nitrogens with zero attached hydrogens (tertiary/aromatic N) is 3. The number of hydrogen-bond acceptors (Lipinski definition) is 6. The number of aliphatic imine (C=N–C) groups is 1. The van der Waals surface area contributed by atoms with Gasteiger partial charge in [-0.15, -0.1) is 0 Å². The van der Waals surface area contributed by atoms with Gasteiger partial charge >= 0.3 is 12.0 Å². The van der Waals surface area contributed by atoms with Crippen molar-refractivity contribution in [1.82, 2.24) is 15.1 Å². The van der Waals surface area contributed by atoms with Gasteiger partial charge in [0.15, 0.2) is 12.2 Å². The van der Waals surface area contributed by atoms with Crippen LogP contribution in [-0.2, 0) is 9.59 Å². The molecule has 1 aromatic carbocycles. The minimum absolute atomic E-state index is 0.123. The quantitative estimate of drug-likeness (QED) is 0.715. The average molecular weight is 386 g/mol. The van der Waals surface area contributed by atoms with Crippen LogP contribution in [0.4, 0.5) is 10.5 Å². The Morgan fingerprint density at radius 1 is 1.40 bits per heavy atom. The molecule has 3 N–H and O–H groups in total. The number of imide groups is 1. The summed E-state index contributed by atoms with van der Waals surface area (Å²) in [6.07, 6.45) is -0.839. The summed E-state index contributed by atoms with van der Waals surface area (Å²) in [7, 11) is 1.47. The van der Waals surface area contributed by atoms with E-state index in [1.807, 2.05) is 0 Å². The van der Waals surface area contributed by atoms with E-state index in [4.69, 9.17) is 28.3 Å². The monoisotopic (exact) mass is 385 g/mol. The molecule has 2 heterocycles. The highest BCUT2D eigenvalue weighted by atomic mass is 35.5. The summed E-state index contributed by atoms with van der Waals surface area (Å²) in [4.78, 5) is 42.0. The lowest BCUT2D eigenvalue weighted by molar-refractivity contribution is -0.138. The molecule has 0 radical (unpaired) electrons. The first-order chi connectivity index (χ1) is 11.8. The molecule has 3 rings (SSSR count). The molecule has 9 nitrogen and oxygen atoms in total. The highest BCUT2D eigenvalue weighted by molar-refractivity contribution is 6.36. The lowest BCUT2D eigenvalue weighted by Crippen LogP contribution is -2.64. The summed E-state index contributed by atoms with van der Waals surface area (Å²) in [5.74, 6) is -1.64. The van der Waals surface area contributed by atoms with Crippen LogP contribution in [0.5, 0.6) is 0 Å². The van der Waals surface area contributed by atoms with E-state index in [0.717, 1.165) is 0 Å². The van der Waals surface area contributed by atoms with Crippen LogP contribution in [0.1, 0.15) is 0 Å². The van der Waals surface area contributed by atoms with E-state index in [0.29, 0.717) is 15.7 Å². The van der Waals surface area contributed by atoms with Crippen molar-refractivity contribution < 1.29 is 19.5 Å². The normalized spacial score (nSPS) is 22.4. The summed E-state index contributed by atoms with van der Waals surface area (Å²) < 4.78 is 0. The molecule has 2 atom stereocenters. The van der Waals surface area contributed by atoms with E-state index in [1.54, 1.807) is 12.1 Å². The molecule has 0 aliphatic carbocycles. The molecule has 11 heteroatoms. The number of guanidine groups is 1. The minimum Gasteiger partial charge on any atom is -0.480 e. The van der Waals surface area contributed by atoms with Crippen LogP contribution in [0.25, 0.3) is 0 Å². The molecule has 3 amide bonds. The standard InChI is InChI=1S/C14H13Cl2N5O4/c1-20-11-10(12(24)19-14(20)25)21(5-9(22)23)13(18-11)17-8-3-2-6(15)4-7(8)16/h2-4,10-11H,5H2,1H3,(H,17,18)(H,22,23)(H,19,24,25). The smallest absolute Gasteiger partial charge is 0.325 e. The van der Waals surface area contributed by atoms with Gasteiger partial charge in [-0.05, 0) is 18.2 Å². The Morgan fingerprint density at radius 2 is 2.12 bits per heavy atom. The van der Waals surface area contributed by atoms with Gasteiger partial charge in [-0.3, -0.25) is 14.9 Å². The maximum Gasteiger partial charge on any atom is 0.325 e. The number of benzene rings is 1. The lowest BCUT2D eigenvalue weighted by Gasteiger charge is -2.35. The van der Waals surface area contributed by atoms with Gasteiger partial charge in [-0.25, -0.2) is 9.79 Å². The Morgan fingerprint density at radius 3 is 2.76 bits per heavy atom. The first-order valence-corrected chi connectivity index (χ1v) is 7.89. The maximum absolute atomic E-state index is 12.2. The van der Waals surface area contributed by atoms with Crippen LogP contribution in [0.2, 0.25) is 10.0 Å². The number of rotatable bonds is 3. The van der Waals surface area contributed by atoms with Crippen molar-refractivity contribution in [2.45, 2.75) is 12.2 Å². The number of likely N-dealkylation sites (N-methyl/N-ethyl adjacent to an activating group) is 1. The highest BCUT2D eigenvalue weighted by Crippen LogP contribution is 2.29. The second kappa shape index (κ2) is 6.41. The number of nitrogens with one attached hydrogen (secondary N) is 2. The fourth-order valence-corrected chi connectivity index (χ4v) is 3.12. The number of amides is 3. The topological polar surface area (TPSA) is 114 Å². The van der Waals surface area contributed by atoms with Crippen molar-refractivity contribution in [1.29, 1.82) is 0 Å². The van der Waals surface area contributed by atoms with Gasteiger partial charge < -0.3 is 20.2 Å². The van der Waals surface area contributed by atoms with Gasteiger partial charge in [0.05, 0.1) is 10.7 Å². The molecule has 2 unspecified atom stereocenters. The predicted octanol–water partition coefficient (Wildman–Crippen LogP) is 1.04. The third kappa shape index (κ3) is 3.20. The summed E-state index contributed by atoms with van der Waals surface area (Å²) in [5.41, 5.74) is 0.438. The van der Waals surface area contributed by atoms with Gasteiger partial charge in [0.2, 0.25) is 5.96 Å². The van der Waals surface area contributed by atoms with E-state index < -0.39 is 36.7 Å². The van der Waals surface area contributed by atoms with Crippen molar-refractivity contribution in [3.63, 3.8) is 0 Å². The van der Waals surface area contributed by atoms with Gasteiger partial charge in [-0.2, -0.15) is 0 Å². The summed E-state index contributed by atoms with van der Waals surface area (Å²) in [5, 5.41) is 15.0. The molecule has 0 spiro atoms. The lowest BCUT2D eigenvalue weighted by atomic mass is 10.1. The summed E-state index contributed by atoms with van der Waals surface area (Å²) >= 11 is 12.0. The van der Waals surface area contributed by atoms with Crippen LogP contribution >= 0.6 is 23.2 Å². The third-order valence-corrected chi connectivity index (χ3v) is 4.39. The molecular formula is C14H13Cl2N5O4. The number of carboxylic acid groups (broad SMARTS) is 1. The van der Waals surface area contributed by atoms with Crippen molar-refractivity contribution in [2.75, 3.05) is 18.9 Å². The van der Waals surface area contributed by atoms with Crippen LogP contribution in [0, 0.1) is 0 Å². The fourth-order valence-electron chi connectivity index (χ4n) is 2.66. The Kier molecular flexibility index (Phi) is 4.44. The zero-order chi connectivity index (χ0) is 18.3. The Labute approximate surface area is 152 Å². The maximum atomic E-state index is 12.2. The Balaban J connectivity index is 1.95. The number of carboxylic acids is 1. The number of carbonyl (C=O) groups excluding carboxylic acids is 2. The number of fused-ring (bicyclic) bond motifs is 1. The van der Waals surface area contributed by atoms with Crippen molar-refractivity contribution >= 4 is 52.8 Å². The number of hydrogen-bond donors (Lipinski definition) is 3. The minimum atomic E-state index is -1.15.